The molecule has 2 heterocycles. The molecule has 0 aliphatic carbocycles. The summed E-state index contributed by atoms with van der Waals surface area (Å²) < 4.78 is 16.6. The number of aromatic nitrogens is 1. The second-order valence-corrected chi connectivity index (χ2v) is 14.8. The van der Waals surface area contributed by atoms with Crippen LogP contribution in [0.4, 0.5) is 5.69 Å². The standard InChI is InChI=1S/C39H52N6O8S/c1-27-34(54-26-43-27)29-9-7-28(8-10-29)24-41-37(49)32-6-5-17-45(32)38(50)35(39(2,3)4)44-33(47)15-18-51-20-22-53-23-21-52-19-16-40-36(48)30-11-13-31(14-12-30)42-25-46/h7-14,25-26,32,35H,5-6,15-24H2,1-4H3,(H,40,48)(H,41,49)(H,42,46)(H,44,47)/t32-,35?/m0/s1. The summed E-state index contributed by atoms with van der Waals surface area (Å²) in [6, 6.07) is 13.1. The van der Waals surface area contributed by atoms with Gasteiger partial charge in [-0.1, -0.05) is 45.0 Å². The summed E-state index contributed by atoms with van der Waals surface area (Å²) >= 11 is 1.59. The molecule has 1 aliphatic heterocycles. The quantitative estimate of drug-likeness (QED) is 0.0931. The number of nitrogens with zero attached hydrogens (tertiary/aromatic N) is 2. The molecule has 0 bridgehead atoms. The fourth-order valence-corrected chi connectivity index (χ4v) is 6.65. The molecule has 4 N–H and O–H groups in total. The van der Waals surface area contributed by atoms with E-state index in [2.05, 4.69) is 26.3 Å². The SMILES string of the molecule is Cc1ncsc1-c1ccc(CNC(=O)[C@@H]2CCCN2C(=O)C(NC(=O)CCOCCOCCOCCNC(=O)c2ccc(NC=O)cc2)C(C)(C)C)cc1. The highest BCUT2D eigenvalue weighted by atomic mass is 32.1. The normalized spacial score (nSPS) is 14.7. The Morgan fingerprint density at radius 2 is 1.59 bits per heavy atom. The van der Waals surface area contributed by atoms with Crippen LogP contribution in [0.15, 0.2) is 54.0 Å². The zero-order chi connectivity index (χ0) is 38.9. The van der Waals surface area contributed by atoms with Gasteiger partial charge in [0.15, 0.2) is 0 Å². The lowest BCUT2D eigenvalue weighted by molar-refractivity contribution is -0.144. The monoisotopic (exact) mass is 764 g/mol. The van der Waals surface area contributed by atoms with Gasteiger partial charge in [0.1, 0.15) is 12.1 Å². The highest BCUT2D eigenvalue weighted by Gasteiger charge is 2.41. The molecule has 1 saturated heterocycles. The number of benzene rings is 2. The average molecular weight is 765 g/mol. The molecule has 0 saturated carbocycles. The zero-order valence-corrected chi connectivity index (χ0v) is 32.3. The van der Waals surface area contributed by atoms with Crippen molar-refractivity contribution < 1.29 is 38.2 Å². The van der Waals surface area contributed by atoms with Gasteiger partial charge in [0.25, 0.3) is 5.91 Å². The molecule has 0 radical (unpaired) electrons. The van der Waals surface area contributed by atoms with Crippen molar-refractivity contribution in [2.75, 3.05) is 58.0 Å². The van der Waals surface area contributed by atoms with Crippen LogP contribution in [-0.2, 0) is 39.9 Å². The van der Waals surface area contributed by atoms with Crippen molar-refractivity contribution in [3.63, 3.8) is 0 Å². The Balaban J connectivity index is 1.08. The Morgan fingerprint density at radius 3 is 2.22 bits per heavy atom. The zero-order valence-electron chi connectivity index (χ0n) is 31.5. The van der Waals surface area contributed by atoms with Gasteiger partial charge in [-0.15, -0.1) is 11.3 Å². The van der Waals surface area contributed by atoms with Crippen LogP contribution >= 0.6 is 11.3 Å². The van der Waals surface area contributed by atoms with E-state index in [4.69, 9.17) is 14.2 Å². The predicted octanol–water partition coefficient (Wildman–Crippen LogP) is 3.69. The van der Waals surface area contributed by atoms with Crippen LogP contribution in [0.5, 0.6) is 0 Å². The Kier molecular flexibility index (Phi) is 16.6. The number of aryl methyl sites for hydroxylation is 1. The lowest BCUT2D eigenvalue weighted by Crippen LogP contribution is -2.57. The molecule has 4 rings (SSSR count). The number of carbonyl (C=O) groups excluding carboxylic acids is 5. The fraction of sp³-hybridized carbons (Fsp3) is 0.487. The van der Waals surface area contributed by atoms with Gasteiger partial charge >= 0.3 is 0 Å². The molecular formula is C39H52N6O8S. The maximum absolute atomic E-state index is 13.8. The van der Waals surface area contributed by atoms with E-state index in [1.54, 1.807) is 40.5 Å². The third kappa shape index (κ3) is 13.0. The maximum Gasteiger partial charge on any atom is 0.251 e. The molecule has 1 fully saturated rings. The highest BCUT2D eigenvalue weighted by molar-refractivity contribution is 7.13. The van der Waals surface area contributed by atoms with Crippen molar-refractivity contribution in [2.24, 2.45) is 5.41 Å². The van der Waals surface area contributed by atoms with E-state index >= 15 is 0 Å². The largest absolute Gasteiger partial charge is 0.379 e. The first-order chi connectivity index (χ1) is 26.0. The molecule has 2 aromatic carbocycles. The number of thiazole rings is 1. The molecule has 2 atom stereocenters. The van der Waals surface area contributed by atoms with Gasteiger partial charge in [-0.05, 0) is 60.6 Å². The van der Waals surface area contributed by atoms with Crippen LogP contribution in [0.2, 0.25) is 0 Å². The topological polar surface area (TPSA) is 177 Å². The van der Waals surface area contributed by atoms with Gasteiger partial charge < -0.3 is 40.4 Å². The molecule has 0 spiro atoms. The molecule has 3 aromatic rings. The Bertz CT molecular complexity index is 1680. The summed E-state index contributed by atoms with van der Waals surface area (Å²) in [6.45, 7) is 10.5. The van der Waals surface area contributed by atoms with Crippen LogP contribution in [0.1, 0.15) is 61.6 Å². The van der Waals surface area contributed by atoms with E-state index in [0.717, 1.165) is 21.7 Å². The summed E-state index contributed by atoms with van der Waals surface area (Å²) in [6.07, 6.45) is 1.91. The number of hydrogen-bond acceptors (Lipinski definition) is 10. The average Bonchev–Trinajstić information content (AvgIpc) is 3.83. The number of likely N-dealkylation sites (tertiary alicyclic amines) is 1. The molecule has 5 amide bonds. The van der Waals surface area contributed by atoms with Crippen LogP contribution in [0.3, 0.4) is 0 Å². The van der Waals surface area contributed by atoms with Crippen molar-refractivity contribution in [1.29, 1.82) is 0 Å². The lowest BCUT2D eigenvalue weighted by atomic mass is 9.85. The molecule has 54 heavy (non-hydrogen) atoms. The van der Waals surface area contributed by atoms with E-state index in [9.17, 15) is 24.0 Å². The predicted molar refractivity (Wildman–Crippen MR) is 206 cm³/mol. The first-order valence-electron chi connectivity index (χ1n) is 18.2. The molecule has 1 aliphatic rings. The summed E-state index contributed by atoms with van der Waals surface area (Å²) in [5.74, 6) is -1.02. The molecular weight excluding hydrogens is 713 g/mol. The summed E-state index contributed by atoms with van der Waals surface area (Å²) in [4.78, 5) is 69.7. The van der Waals surface area contributed by atoms with Gasteiger partial charge in [0.2, 0.25) is 24.1 Å². The highest BCUT2D eigenvalue weighted by Crippen LogP contribution is 2.28. The molecule has 1 unspecified atom stereocenters. The van der Waals surface area contributed by atoms with Gasteiger partial charge in [0, 0.05) is 37.3 Å². The molecule has 1 aromatic heterocycles. The third-order valence-corrected chi connectivity index (χ3v) is 9.78. The Hall–Kier alpha value is -4.70. The van der Waals surface area contributed by atoms with E-state index in [0.29, 0.717) is 76.6 Å². The van der Waals surface area contributed by atoms with Crippen LogP contribution in [-0.4, -0.2) is 105 Å². The number of amides is 5. The molecule has 15 heteroatoms. The van der Waals surface area contributed by atoms with Gasteiger partial charge in [-0.2, -0.15) is 0 Å². The number of rotatable bonds is 21. The van der Waals surface area contributed by atoms with E-state index in [-0.39, 0.29) is 43.3 Å². The van der Waals surface area contributed by atoms with Crippen molar-refractivity contribution in [2.45, 2.75) is 65.6 Å². The van der Waals surface area contributed by atoms with E-state index in [1.165, 1.54) is 0 Å². The smallest absolute Gasteiger partial charge is 0.251 e. The fourth-order valence-electron chi connectivity index (χ4n) is 5.84. The summed E-state index contributed by atoms with van der Waals surface area (Å²) in [5, 5.41) is 11.2. The number of hydrogen-bond donors (Lipinski definition) is 4. The number of anilines is 1. The summed E-state index contributed by atoms with van der Waals surface area (Å²) in [7, 11) is 0. The Morgan fingerprint density at radius 1 is 0.926 bits per heavy atom. The second-order valence-electron chi connectivity index (χ2n) is 13.9. The number of ether oxygens (including phenoxy) is 3. The van der Waals surface area contributed by atoms with Gasteiger partial charge in [-0.25, -0.2) is 4.98 Å². The Labute approximate surface area is 320 Å². The van der Waals surface area contributed by atoms with Gasteiger partial charge in [-0.3, -0.25) is 24.0 Å². The molecule has 292 valence electrons. The van der Waals surface area contributed by atoms with Crippen molar-refractivity contribution in [3.05, 3.63) is 70.9 Å². The van der Waals surface area contributed by atoms with Crippen molar-refractivity contribution >= 4 is 47.1 Å². The maximum atomic E-state index is 13.8. The van der Waals surface area contributed by atoms with Crippen molar-refractivity contribution in [1.82, 2.24) is 25.8 Å². The van der Waals surface area contributed by atoms with Crippen molar-refractivity contribution in [3.8, 4) is 10.4 Å². The van der Waals surface area contributed by atoms with Gasteiger partial charge in [0.05, 0.1) is 55.7 Å². The number of nitrogens with one attached hydrogen (secondary N) is 4. The minimum atomic E-state index is -0.809. The minimum Gasteiger partial charge on any atom is -0.379 e. The minimum absolute atomic E-state index is 0.0692. The number of carbonyl (C=O) groups is 5. The first-order valence-corrected chi connectivity index (χ1v) is 19.0. The first kappa shape index (κ1) is 42.0. The second kappa shape index (κ2) is 21.3. The van der Waals surface area contributed by atoms with Crippen LogP contribution in [0, 0.1) is 12.3 Å². The third-order valence-electron chi connectivity index (χ3n) is 8.81. The van der Waals surface area contributed by atoms with Crippen LogP contribution < -0.4 is 21.3 Å². The van der Waals surface area contributed by atoms with Crippen LogP contribution in [0.25, 0.3) is 10.4 Å². The molecule has 14 nitrogen and oxygen atoms in total. The van der Waals surface area contributed by atoms with E-state index < -0.39 is 17.5 Å². The lowest BCUT2D eigenvalue weighted by Gasteiger charge is -2.35. The van der Waals surface area contributed by atoms with E-state index in [1.807, 2.05) is 57.5 Å². The summed E-state index contributed by atoms with van der Waals surface area (Å²) in [5.41, 5.74) is 5.35.